The Labute approximate surface area is 134 Å². The van der Waals surface area contributed by atoms with E-state index in [0.717, 1.165) is 5.56 Å². The molecule has 2 aromatic carbocycles. The molecule has 0 fully saturated rings. The van der Waals surface area contributed by atoms with Crippen LogP contribution in [-0.2, 0) is 11.2 Å². The average molecular weight is 311 g/mol. The molecule has 1 N–H and O–H groups in total. The SMILES string of the molecule is CC(=O)c1ccccc1NC(=O)Cc1ccc2c(c1)OCCO2. The Morgan fingerprint density at radius 1 is 1.04 bits per heavy atom. The lowest BCUT2D eigenvalue weighted by Crippen LogP contribution is -2.18. The van der Waals surface area contributed by atoms with E-state index in [1.54, 1.807) is 30.3 Å². The highest BCUT2D eigenvalue weighted by molar-refractivity contribution is 6.04. The van der Waals surface area contributed by atoms with Gasteiger partial charge in [0.1, 0.15) is 13.2 Å². The summed E-state index contributed by atoms with van der Waals surface area (Å²) in [6, 6.07) is 12.4. The second kappa shape index (κ2) is 6.52. The molecular weight excluding hydrogens is 294 g/mol. The molecule has 0 radical (unpaired) electrons. The third-order valence-electron chi connectivity index (χ3n) is 3.55. The van der Waals surface area contributed by atoms with Crippen molar-refractivity contribution in [2.45, 2.75) is 13.3 Å². The number of ketones is 1. The van der Waals surface area contributed by atoms with E-state index >= 15 is 0 Å². The van der Waals surface area contributed by atoms with Crippen LogP contribution in [0.1, 0.15) is 22.8 Å². The summed E-state index contributed by atoms with van der Waals surface area (Å²) in [6.45, 7) is 2.52. The Hall–Kier alpha value is -2.82. The molecule has 0 bridgehead atoms. The second-order valence-electron chi connectivity index (χ2n) is 5.30. The predicted octanol–water partition coefficient (Wildman–Crippen LogP) is 2.84. The third-order valence-corrected chi connectivity index (χ3v) is 3.55. The highest BCUT2D eigenvalue weighted by Gasteiger charge is 2.14. The quantitative estimate of drug-likeness (QED) is 0.882. The first-order valence-electron chi connectivity index (χ1n) is 7.42. The number of hydrogen-bond donors (Lipinski definition) is 1. The summed E-state index contributed by atoms with van der Waals surface area (Å²) in [4.78, 5) is 23.8. The van der Waals surface area contributed by atoms with Gasteiger partial charge in [0.15, 0.2) is 17.3 Å². The minimum Gasteiger partial charge on any atom is -0.486 e. The molecule has 2 aromatic rings. The number of fused-ring (bicyclic) bond motifs is 1. The van der Waals surface area contributed by atoms with Crippen molar-refractivity contribution in [3.05, 3.63) is 53.6 Å². The van der Waals surface area contributed by atoms with E-state index in [1.165, 1.54) is 6.92 Å². The van der Waals surface area contributed by atoms with E-state index in [-0.39, 0.29) is 18.1 Å². The van der Waals surface area contributed by atoms with Crippen molar-refractivity contribution in [2.75, 3.05) is 18.5 Å². The lowest BCUT2D eigenvalue weighted by molar-refractivity contribution is -0.115. The van der Waals surface area contributed by atoms with Crippen LogP contribution in [0.25, 0.3) is 0 Å². The van der Waals surface area contributed by atoms with Crippen LogP contribution in [0, 0.1) is 0 Å². The van der Waals surface area contributed by atoms with Crippen molar-refractivity contribution in [2.24, 2.45) is 0 Å². The van der Waals surface area contributed by atoms with Crippen molar-refractivity contribution in [3.8, 4) is 11.5 Å². The molecule has 0 atom stereocenters. The highest BCUT2D eigenvalue weighted by Crippen LogP contribution is 2.31. The fraction of sp³-hybridized carbons (Fsp3) is 0.222. The van der Waals surface area contributed by atoms with E-state index in [1.807, 2.05) is 12.1 Å². The minimum atomic E-state index is -0.185. The Bertz CT molecular complexity index is 754. The molecule has 1 heterocycles. The minimum absolute atomic E-state index is 0.0831. The number of carbonyl (C=O) groups excluding carboxylic acids is 2. The van der Waals surface area contributed by atoms with E-state index in [4.69, 9.17) is 9.47 Å². The maximum atomic E-state index is 12.2. The summed E-state index contributed by atoms with van der Waals surface area (Å²) in [5.41, 5.74) is 1.86. The number of para-hydroxylation sites is 1. The van der Waals surface area contributed by atoms with Crippen molar-refractivity contribution >= 4 is 17.4 Å². The van der Waals surface area contributed by atoms with Crippen LogP contribution in [0.2, 0.25) is 0 Å². The molecule has 5 nitrogen and oxygen atoms in total. The van der Waals surface area contributed by atoms with Crippen molar-refractivity contribution in [3.63, 3.8) is 0 Å². The summed E-state index contributed by atoms with van der Waals surface area (Å²) in [5.74, 6) is 1.09. The number of hydrogen-bond acceptors (Lipinski definition) is 4. The summed E-state index contributed by atoms with van der Waals surface area (Å²) < 4.78 is 11.0. The van der Waals surface area contributed by atoms with Gasteiger partial charge < -0.3 is 14.8 Å². The van der Waals surface area contributed by atoms with Crippen LogP contribution in [0.15, 0.2) is 42.5 Å². The fourth-order valence-corrected chi connectivity index (χ4v) is 2.48. The topological polar surface area (TPSA) is 64.6 Å². The van der Waals surface area contributed by atoms with Crippen molar-refractivity contribution in [1.82, 2.24) is 0 Å². The van der Waals surface area contributed by atoms with Gasteiger partial charge in [0.05, 0.1) is 12.1 Å². The predicted molar refractivity (Wildman–Crippen MR) is 86.2 cm³/mol. The van der Waals surface area contributed by atoms with Gasteiger partial charge in [-0.05, 0) is 36.8 Å². The number of rotatable bonds is 4. The van der Waals surface area contributed by atoms with Gasteiger partial charge in [-0.25, -0.2) is 0 Å². The van der Waals surface area contributed by atoms with Crippen LogP contribution >= 0.6 is 0 Å². The first-order chi connectivity index (χ1) is 11.1. The standard InChI is InChI=1S/C18H17NO4/c1-12(20)14-4-2-3-5-15(14)19-18(21)11-13-6-7-16-17(10-13)23-9-8-22-16/h2-7,10H,8-9,11H2,1H3,(H,19,21). The molecule has 3 rings (SSSR count). The molecule has 0 unspecified atom stereocenters. The van der Waals surface area contributed by atoms with Crippen LogP contribution in [0.4, 0.5) is 5.69 Å². The van der Waals surface area contributed by atoms with Gasteiger partial charge in [-0.3, -0.25) is 9.59 Å². The lowest BCUT2D eigenvalue weighted by atomic mass is 10.1. The Morgan fingerprint density at radius 2 is 1.78 bits per heavy atom. The van der Waals surface area contributed by atoms with E-state index < -0.39 is 0 Å². The molecule has 0 aliphatic carbocycles. The number of ether oxygens (including phenoxy) is 2. The largest absolute Gasteiger partial charge is 0.486 e. The first-order valence-corrected chi connectivity index (χ1v) is 7.42. The fourth-order valence-electron chi connectivity index (χ4n) is 2.48. The summed E-state index contributed by atoms with van der Waals surface area (Å²) in [7, 11) is 0. The molecule has 1 aliphatic heterocycles. The summed E-state index contributed by atoms with van der Waals surface area (Å²) in [6.07, 6.45) is 0.197. The zero-order valence-corrected chi connectivity index (χ0v) is 12.8. The second-order valence-corrected chi connectivity index (χ2v) is 5.30. The summed E-state index contributed by atoms with van der Waals surface area (Å²) >= 11 is 0. The van der Waals surface area contributed by atoms with Gasteiger partial charge in [-0.1, -0.05) is 18.2 Å². The highest BCUT2D eigenvalue weighted by atomic mass is 16.6. The smallest absolute Gasteiger partial charge is 0.228 e. The molecule has 23 heavy (non-hydrogen) atoms. The van der Waals surface area contributed by atoms with E-state index in [0.29, 0.717) is 36.0 Å². The Kier molecular flexibility index (Phi) is 4.28. The van der Waals surface area contributed by atoms with Crippen LogP contribution < -0.4 is 14.8 Å². The molecule has 1 aliphatic rings. The Balaban J connectivity index is 1.72. The molecule has 1 amide bonds. The lowest BCUT2D eigenvalue weighted by Gasteiger charge is -2.18. The first kappa shape index (κ1) is 15.1. The van der Waals surface area contributed by atoms with E-state index in [2.05, 4.69) is 5.32 Å². The molecule has 0 saturated heterocycles. The number of carbonyl (C=O) groups is 2. The molecular formula is C18H17NO4. The van der Waals surface area contributed by atoms with Gasteiger partial charge in [0.25, 0.3) is 0 Å². The molecule has 0 aromatic heterocycles. The molecule has 0 spiro atoms. The van der Waals surface area contributed by atoms with Crippen LogP contribution in [0.3, 0.4) is 0 Å². The van der Waals surface area contributed by atoms with Crippen LogP contribution in [0.5, 0.6) is 11.5 Å². The van der Waals surface area contributed by atoms with Crippen LogP contribution in [-0.4, -0.2) is 24.9 Å². The number of anilines is 1. The molecule has 118 valence electrons. The monoisotopic (exact) mass is 311 g/mol. The van der Waals surface area contributed by atoms with Gasteiger partial charge in [-0.2, -0.15) is 0 Å². The number of nitrogens with one attached hydrogen (secondary N) is 1. The number of amides is 1. The zero-order valence-electron chi connectivity index (χ0n) is 12.8. The van der Waals surface area contributed by atoms with Crippen molar-refractivity contribution in [1.29, 1.82) is 0 Å². The third kappa shape index (κ3) is 3.51. The number of Topliss-reactive ketones (excluding diaryl/α,β-unsaturated/α-hetero) is 1. The number of benzene rings is 2. The normalized spacial score (nSPS) is 12.6. The average Bonchev–Trinajstić information content (AvgIpc) is 2.55. The molecule has 5 heteroatoms. The summed E-state index contributed by atoms with van der Waals surface area (Å²) in [5, 5.41) is 2.79. The van der Waals surface area contributed by atoms with Crippen molar-refractivity contribution < 1.29 is 19.1 Å². The maximum Gasteiger partial charge on any atom is 0.228 e. The maximum absolute atomic E-state index is 12.2. The van der Waals surface area contributed by atoms with Gasteiger partial charge in [0.2, 0.25) is 5.91 Å². The van der Waals surface area contributed by atoms with E-state index in [9.17, 15) is 9.59 Å². The Morgan fingerprint density at radius 3 is 2.57 bits per heavy atom. The zero-order chi connectivity index (χ0) is 16.2. The molecule has 0 saturated carbocycles. The van der Waals surface area contributed by atoms with Gasteiger partial charge in [0, 0.05) is 5.56 Å². The van der Waals surface area contributed by atoms with Gasteiger partial charge in [-0.15, -0.1) is 0 Å². The van der Waals surface area contributed by atoms with Gasteiger partial charge >= 0.3 is 0 Å².